The average Bonchev–Trinajstić information content (AvgIpc) is 2.34. The number of amides is 2. The molecule has 1 aliphatic rings. The quantitative estimate of drug-likeness (QED) is 0.663. The lowest BCUT2D eigenvalue weighted by molar-refractivity contribution is -0.127. The number of piperidine rings is 1. The minimum atomic E-state index is -0.119. The van der Waals surface area contributed by atoms with Gasteiger partial charge < -0.3 is 16.0 Å². The highest BCUT2D eigenvalue weighted by atomic mass is 35.5. The first-order chi connectivity index (χ1) is 7.74. The molecule has 0 radical (unpaired) electrons. The van der Waals surface area contributed by atoms with Gasteiger partial charge in [-0.25, -0.2) is 0 Å². The van der Waals surface area contributed by atoms with E-state index in [0.29, 0.717) is 6.54 Å². The number of carbonyl (C=O) groups is 2. The maximum atomic E-state index is 11.6. The van der Waals surface area contributed by atoms with Crippen LogP contribution in [0, 0.1) is 0 Å². The Morgan fingerprint density at radius 2 is 2.06 bits per heavy atom. The Morgan fingerprint density at radius 1 is 1.29 bits per heavy atom. The molecule has 1 saturated heterocycles. The number of hydrogen-bond acceptors (Lipinski definition) is 3. The molecule has 0 aromatic carbocycles. The summed E-state index contributed by atoms with van der Waals surface area (Å²) in [4.78, 5) is 22.9. The zero-order valence-corrected chi connectivity index (χ0v) is 11.1. The topological polar surface area (TPSA) is 70.2 Å². The molecule has 1 atom stereocenters. The van der Waals surface area contributed by atoms with Crippen molar-refractivity contribution < 1.29 is 9.59 Å². The van der Waals surface area contributed by atoms with Gasteiger partial charge >= 0.3 is 0 Å². The standard InChI is InChI=1S/C11H21N3O2.ClH/c1-2-6-13-10(15)8-14-11(16)9-5-3-4-7-12-9;/h9,12H,2-8H2,1H3,(H,13,15)(H,14,16);1H/t9-;/m0./s1. The van der Waals surface area contributed by atoms with E-state index in [1.54, 1.807) is 0 Å². The molecule has 100 valence electrons. The number of halogens is 1. The number of carbonyl (C=O) groups excluding carboxylic acids is 2. The van der Waals surface area contributed by atoms with Crippen molar-refractivity contribution >= 4 is 24.2 Å². The van der Waals surface area contributed by atoms with Gasteiger partial charge in [0.1, 0.15) is 0 Å². The van der Waals surface area contributed by atoms with Crippen LogP contribution in [-0.4, -0.2) is 37.5 Å². The van der Waals surface area contributed by atoms with E-state index in [0.717, 1.165) is 32.2 Å². The monoisotopic (exact) mass is 263 g/mol. The predicted molar refractivity (Wildman–Crippen MR) is 69.2 cm³/mol. The molecular weight excluding hydrogens is 242 g/mol. The van der Waals surface area contributed by atoms with Crippen LogP contribution >= 0.6 is 12.4 Å². The fourth-order valence-electron chi connectivity index (χ4n) is 1.69. The average molecular weight is 264 g/mol. The van der Waals surface area contributed by atoms with Gasteiger partial charge in [0, 0.05) is 6.54 Å². The summed E-state index contributed by atoms with van der Waals surface area (Å²) in [5, 5.41) is 8.51. The summed E-state index contributed by atoms with van der Waals surface area (Å²) in [5.41, 5.74) is 0. The summed E-state index contributed by atoms with van der Waals surface area (Å²) in [6, 6.07) is -0.118. The van der Waals surface area contributed by atoms with E-state index in [2.05, 4.69) is 16.0 Å². The number of rotatable bonds is 5. The molecule has 0 spiro atoms. The molecule has 1 aliphatic heterocycles. The Balaban J connectivity index is 0.00000256. The summed E-state index contributed by atoms with van der Waals surface area (Å²) in [7, 11) is 0. The summed E-state index contributed by atoms with van der Waals surface area (Å²) >= 11 is 0. The van der Waals surface area contributed by atoms with Crippen molar-refractivity contribution in [1.82, 2.24) is 16.0 Å². The first-order valence-corrected chi connectivity index (χ1v) is 6.02. The molecule has 3 N–H and O–H groups in total. The molecule has 0 bridgehead atoms. The molecule has 17 heavy (non-hydrogen) atoms. The molecule has 0 saturated carbocycles. The van der Waals surface area contributed by atoms with E-state index >= 15 is 0 Å². The molecule has 0 aromatic rings. The maximum Gasteiger partial charge on any atom is 0.239 e. The second-order valence-electron chi connectivity index (χ2n) is 4.07. The summed E-state index contributed by atoms with van der Waals surface area (Å²) < 4.78 is 0. The molecule has 0 aromatic heterocycles. The number of hydrogen-bond donors (Lipinski definition) is 3. The van der Waals surface area contributed by atoms with Crippen molar-refractivity contribution in [2.45, 2.75) is 38.6 Å². The third-order valence-corrected chi connectivity index (χ3v) is 2.62. The molecular formula is C11H22ClN3O2. The Labute approximate surface area is 109 Å². The van der Waals surface area contributed by atoms with E-state index in [9.17, 15) is 9.59 Å². The minimum Gasteiger partial charge on any atom is -0.355 e. The van der Waals surface area contributed by atoms with Crippen LogP contribution in [0.25, 0.3) is 0 Å². The van der Waals surface area contributed by atoms with Crippen molar-refractivity contribution in [3.63, 3.8) is 0 Å². The fraction of sp³-hybridized carbons (Fsp3) is 0.818. The zero-order valence-electron chi connectivity index (χ0n) is 10.3. The van der Waals surface area contributed by atoms with Crippen molar-refractivity contribution in [2.24, 2.45) is 0 Å². The van der Waals surface area contributed by atoms with Crippen LogP contribution in [0.3, 0.4) is 0 Å². The minimum absolute atomic E-state index is 0. The van der Waals surface area contributed by atoms with Crippen molar-refractivity contribution in [3.8, 4) is 0 Å². The smallest absolute Gasteiger partial charge is 0.239 e. The van der Waals surface area contributed by atoms with Crippen LogP contribution in [0.1, 0.15) is 32.6 Å². The van der Waals surface area contributed by atoms with Gasteiger partial charge in [-0.3, -0.25) is 9.59 Å². The van der Waals surface area contributed by atoms with E-state index in [4.69, 9.17) is 0 Å². The van der Waals surface area contributed by atoms with Gasteiger partial charge in [-0.2, -0.15) is 0 Å². The zero-order chi connectivity index (χ0) is 11.8. The number of nitrogens with one attached hydrogen (secondary N) is 3. The summed E-state index contributed by atoms with van der Waals surface area (Å²) in [5.74, 6) is -0.183. The normalized spacial score (nSPS) is 19.0. The van der Waals surface area contributed by atoms with Gasteiger partial charge in [0.15, 0.2) is 0 Å². The molecule has 5 nitrogen and oxygen atoms in total. The summed E-state index contributed by atoms with van der Waals surface area (Å²) in [6.07, 6.45) is 3.97. The van der Waals surface area contributed by atoms with Crippen LogP contribution in [0.5, 0.6) is 0 Å². The highest BCUT2D eigenvalue weighted by molar-refractivity contribution is 5.87. The molecule has 0 aliphatic carbocycles. The van der Waals surface area contributed by atoms with E-state index in [1.165, 1.54) is 0 Å². The third-order valence-electron chi connectivity index (χ3n) is 2.62. The Hall–Kier alpha value is -0.810. The predicted octanol–water partition coefficient (Wildman–Crippen LogP) is 0.193. The molecule has 6 heteroatoms. The summed E-state index contributed by atoms with van der Waals surface area (Å²) in [6.45, 7) is 3.62. The van der Waals surface area contributed by atoms with E-state index in [-0.39, 0.29) is 36.8 Å². The highest BCUT2D eigenvalue weighted by Crippen LogP contribution is 2.06. The lowest BCUT2D eigenvalue weighted by atomic mass is 10.0. The van der Waals surface area contributed by atoms with Crippen LogP contribution < -0.4 is 16.0 Å². The molecule has 0 unspecified atom stereocenters. The first-order valence-electron chi connectivity index (χ1n) is 6.02. The molecule has 1 heterocycles. The third kappa shape index (κ3) is 6.48. The molecule has 1 rings (SSSR count). The first kappa shape index (κ1) is 16.2. The van der Waals surface area contributed by atoms with Crippen molar-refractivity contribution in [3.05, 3.63) is 0 Å². The van der Waals surface area contributed by atoms with Crippen LogP contribution in [0.2, 0.25) is 0 Å². The van der Waals surface area contributed by atoms with E-state index < -0.39 is 0 Å². The van der Waals surface area contributed by atoms with Crippen molar-refractivity contribution in [1.29, 1.82) is 0 Å². The Bertz CT molecular complexity index is 243. The second kappa shape index (κ2) is 9.24. The SMILES string of the molecule is CCCNC(=O)CNC(=O)[C@@H]1CCCCN1.Cl. The van der Waals surface area contributed by atoms with Gasteiger partial charge in [0.25, 0.3) is 0 Å². The Morgan fingerprint density at radius 3 is 2.65 bits per heavy atom. The van der Waals surface area contributed by atoms with Gasteiger partial charge in [-0.15, -0.1) is 12.4 Å². The van der Waals surface area contributed by atoms with Gasteiger partial charge in [-0.05, 0) is 25.8 Å². The Kier molecular flexibility index (Phi) is 8.80. The van der Waals surface area contributed by atoms with Crippen molar-refractivity contribution in [2.75, 3.05) is 19.6 Å². The highest BCUT2D eigenvalue weighted by Gasteiger charge is 2.20. The van der Waals surface area contributed by atoms with Gasteiger partial charge in [0.2, 0.25) is 11.8 Å². The molecule has 1 fully saturated rings. The fourth-order valence-corrected chi connectivity index (χ4v) is 1.69. The van der Waals surface area contributed by atoms with Gasteiger partial charge in [-0.1, -0.05) is 13.3 Å². The van der Waals surface area contributed by atoms with Crippen LogP contribution in [0.15, 0.2) is 0 Å². The second-order valence-corrected chi connectivity index (χ2v) is 4.07. The largest absolute Gasteiger partial charge is 0.355 e. The lowest BCUT2D eigenvalue weighted by Gasteiger charge is -2.22. The lowest BCUT2D eigenvalue weighted by Crippen LogP contribution is -2.49. The molecule has 2 amide bonds. The van der Waals surface area contributed by atoms with E-state index in [1.807, 2.05) is 6.92 Å². The van der Waals surface area contributed by atoms with Gasteiger partial charge in [0.05, 0.1) is 12.6 Å². The van der Waals surface area contributed by atoms with Crippen LogP contribution in [-0.2, 0) is 9.59 Å². The van der Waals surface area contributed by atoms with Crippen LogP contribution in [0.4, 0.5) is 0 Å². The maximum absolute atomic E-state index is 11.6.